The first-order chi connectivity index (χ1) is 12.4. The molecule has 1 N–H and O–H groups in total. The highest BCUT2D eigenvalue weighted by atomic mass is 32.1. The molecule has 1 aromatic carbocycles. The van der Waals surface area contributed by atoms with E-state index in [1.54, 1.807) is 17.6 Å². The molecule has 0 bridgehead atoms. The van der Waals surface area contributed by atoms with E-state index < -0.39 is 11.7 Å². The van der Waals surface area contributed by atoms with Crippen molar-refractivity contribution >= 4 is 17.2 Å². The summed E-state index contributed by atoms with van der Waals surface area (Å²) in [6.45, 7) is 0.0278. The molecule has 0 saturated carbocycles. The van der Waals surface area contributed by atoms with E-state index in [-0.39, 0.29) is 18.9 Å². The third-order valence-electron chi connectivity index (χ3n) is 3.52. The van der Waals surface area contributed by atoms with Crippen LogP contribution < -0.4 is 5.32 Å². The molecule has 3 aromatic rings. The number of pyridine rings is 1. The van der Waals surface area contributed by atoms with Crippen molar-refractivity contribution in [2.75, 3.05) is 0 Å². The van der Waals surface area contributed by atoms with Crippen molar-refractivity contribution in [3.8, 4) is 10.7 Å². The van der Waals surface area contributed by atoms with Gasteiger partial charge < -0.3 is 5.32 Å². The molecule has 0 atom stereocenters. The predicted octanol–water partition coefficient (Wildman–Crippen LogP) is 4.08. The lowest BCUT2D eigenvalue weighted by Crippen LogP contribution is -2.24. The van der Waals surface area contributed by atoms with Gasteiger partial charge >= 0.3 is 6.18 Å². The third-order valence-corrected chi connectivity index (χ3v) is 4.44. The van der Waals surface area contributed by atoms with Gasteiger partial charge in [-0.15, -0.1) is 11.3 Å². The normalized spacial score (nSPS) is 11.3. The van der Waals surface area contributed by atoms with Crippen LogP contribution >= 0.6 is 11.3 Å². The van der Waals surface area contributed by atoms with Crippen LogP contribution in [0.3, 0.4) is 0 Å². The fourth-order valence-electron chi connectivity index (χ4n) is 2.28. The smallest absolute Gasteiger partial charge is 0.352 e. The summed E-state index contributed by atoms with van der Waals surface area (Å²) in [5.41, 5.74) is 0.981. The van der Waals surface area contributed by atoms with Gasteiger partial charge in [0.05, 0.1) is 23.4 Å². The van der Waals surface area contributed by atoms with E-state index in [2.05, 4.69) is 15.3 Å². The topological polar surface area (TPSA) is 54.9 Å². The van der Waals surface area contributed by atoms with Crippen LogP contribution in [0.2, 0.25) is 0 Å². The van der Waals surface area contributed by atoms with Crippen LogP contribution in [0.25, 0.3) is 10.7 Å². The minimum absolute atomic E-state index is 0.0278. The zero-order valence-corrected chi connectivity index (χ0v) is 14.3. The molecule has 0 aliphatic heterocycles. The van der Waals surface area contributed by atoms with Crippen LogP contribution in [0.4, 0.5) is 13.2 Å². The molecule has 26 heavy (non-hydrogen) atoms. The number of halogens is 3. The maximum atomic E-state index is 12.7. The standard InChI is InChI=1S/C18H14F3N3OS/c19-18(20,21)13-5-3-4-12(8-13)10-23-16(25)9-14-11-26-17(24-14)15-6-1-2-7-22-15/h1-8,11H,9-10H2,(H,23,25). The molecule has 0 saturated heterocycles. The maximum absolute atomic E-state index is 12.7. The first-order valence-electron chi connectivity index (χ1n) is 7.70. The van der Waals surface area contributed by atoms with Crippen molar-refractivity contribution in [1.82, 2.24) is 15.3 Å². The molecule has 0 radical (unpaired) electrons. The highest BCUT2D eigenvalue weighted by Crippen LogP contribution is 2.29. The van der Waals surface area contributed by atoms with Gasteiger partial charge in [-0.3, -0.25) is 9.78 Å². The molecule has 0 spiro atoms. The third kappa shape index (κ3) is 4.66. The van der Waals surface area contributed by atoms with Crippen molar-refractivity contribution in [1.29, 1.82) is 0 Å². The molecule has 0 aliphatic carbocycles. The summed E-state index contributed by atoms with van der Waals surface area (Å²) in [5, 5.41) is 5.10. The summed E-state index contributed by atoms with van der Waals surface area (Å²) in [7, 11) is 0. The minimum Gasteiger partial charge on any atom is -0.352 e. The number of aromatic nitrogens is 2. The number of amides is 1. The molecule has 134 valence electrons. The Morgan fingerprint density at radius 1 is 1.15 bits per heavy atom. The minimum atomic E-state index is -4.40. The Bertz CT molecular complexity index is 894. The molecule has 0 unspecified atom stereocenters. The average molecular weight is 377 g/mol. The summed E-state index contributed by atoms with van der Waals surface area (Å²) in [5.74, 6) is -0.305. The Balaban J connectivity index is 1.58. The average Bonchev–Trinajstić information content (AvgIpc) is 3.09. The second-order valence-electron chi connectivity index (χ2n) is 5.51. The summed E-state index contributed by atoms with van der Waals surface area (Å²) >= 11 is 1.39. The van der Waals surface area contributed by atoms with Gasteiger partial charge in [-0.05, 0) is 29.8 Å². The number of benzene rings is 1. The molecule has 0 fully saturated rings. The van der Waals surface area contributed by atoms with Crippen LogP contribution in [0.15, 0.2) is 54.0 Å². The number of nitrogens with one attached hydrogen (secondary N) is 1. The Morgan fingerprint density at radius 2 is 2.00 bits per heavy atom. The zero-order valence-electron chi connectivity index (χ0n) is 13.5. The van der Waals surface area contributed by atoms with E-state index in [4.69, 9.17) is 0 Å². The van der Waals surface area contributed by atoms with E-state index in [9.17, 15) is 18.0 Å². The van der Waals surface area contributed by atoms with Gasteiger partial charge in [0.15, 0.2) is 0 Å². The van der Waals surface area contributed by atoms with E-state index in [1.165, 1.54) is 23.5 Å². The van der Waals surface area contributed by atoms with Gasteiger partial charge in [0.1, 0.15) is 5.01 Å². The number of alkyl halides is 3. The van der Waals surface area contributed by atoms with Gasteiger partial charge in [-0.2, -0.15) is 13.2 Å². The number of hydrogen-bond acceptors (Lipinski definition) is 4. The van der Waals surface area contributed by atoms with Gasteiger partial charge in [0, 0.05) is 18.1 Å². The fourth-order valence-corrected chi connectivity index (χ4v) is 3.08. The van der Waals surface area contributed by atoms with Crippen molar-refractivity contribution in [2.45, 2.75) is 19.1 Å². The zero-order chi connectivity index (χ0) is 18.6. The number of carbonyl (C=O) groups is 1. The summed E-state index contributed by atoms with van der Waals surface area (Å²) < 4.78 is 38.1. The number of nitrogens with zero attached hydrogens (tertiary/aromatic N) is 2. The second kappa shape index (κ2) is 7.65. The largest absolute Gasteiger partial charge is 0.416 e. The number of rotatable bonds is 5. The Labute approximate surface area is 151 Å². The Morgan fingerprint density at radius 3 is 2.73 bits per heavy atom. The Hall–Kier alpha value is -2.74. The van der Waals surface area contributed by atoms with Gasteiger partial charge in [-0.25, -0.2) is 4.98 Å². The second-order valence-corrected chi connectivity index (χ2v) is 6.37. The van der Waals surface area contributed by atoms with Crippen molar-refractivity contribution in [3.63, 3.8) is 0 Å². The molecule has 2 heterocycles. The molecule has 0 aliphatic rings. The van der Waals surface area contributed by atoms with Crippen molar-refractivity contribution in [3.05, 3.63) is 70.9 Å². The molecular formula is C18H14F3N3OS. The van der Waals surface area contributed by atoms with Gasteiger partial charge in [0.2, 0.25) is 5.91 Å². The quantitative estimate of drug-likeness (QED) is 0.729. The van der Waals surface area contributed by atoms with Crippen molar-refractivity contribution in [2.24, 2.45) is 0 Å². The van der Waals surface area contributed by atoms with Gasteiger partial charge in [0.25, 0.3) is 0 Å². The fraction of sp³-hybridized carbons (Fsp3) is 0.167. The first kappa shape index (κ1) is 18.1. The molecular weight excluding hydrogens is 363 g/mol. The van der Waals surface area contributed by atoms with Crippen LogP contribution in [0.5, 0.6) is 0 Å². The van der Waals surface area contributed by atoms with E-state index in [0.29, 0.717) is 16.3 Å². The molecule has 8 heteroatoms. The summed E-state index contributed by atoms with van der Waals surface area (Å²) in [6.07, 6.45) is -2.68. The molecule has 3 rings (SSSR count). The van der Waals surface area contributed by atoms with Crippen LogP contribution in [-0.4, -0.2) is 15.9 Å². The number of thiazole rings is 1. The number of carbonyl (C=O) groups excluding carboxylic acids is 1. The molecule has 1 amide bonds. The van der Waals surface area contributed by atoms with Crippen molar-refractivity contribution < 1.29 is 18.0 Å². The summed E-state index contributed by atoms with van der Waals surface area (Å²) in [6, 6.07) is 10.4. The summed E-state index contributed by atoms with van der Waals surface area (Å²) in [4.78, 5) is 20.6. The lowest BCUT2D eigenvalue weighted by atomic mass is 10.1. The van der Waals surface area contributed by atoms with Crippen LogP contribution in [-0.2, 0) is 23.9 Å². The van der Waals surface area contributed by atoms with E-state index >= 15 is 0 Å². The highest BCUT2D eigenvalue weighted by molar-refractivity contribution is 7.13. The lowest BCUT2D eigenvalue weighted by molar-refractivity contribution is -0.137. The van der Waals surface area contributed by atoms with Gasteiger partial charge in [-0.1, -0.05) is 18.2 Å². The van der Waals surface area contributed by atoms with E-state index in [0.717, 1.165) is 17.8 Å². The Kier molecular flexibility index (Phi) is 5.32. The number of hydrogen-bond donors (Lipinski definition) is 1. The maximum Gasteiger partial charge on any atom is 0.416 e. The molecule has 2 aromatic heterocycles. The monoisotopic (exact) mass is 377 g/mol. The van der Waals surface area contributed by atoms with Crippen LogP contribution in [0, 0.1) is 0 Å². The SMILES string of the molecule is O=C(Cc1csc(-c2ccccn2)n1)NCc1cccc(C(F)(F)F)c1. The predicted molar refractivity (Wildman–Crippen MR) is 92.3 cm³/mol. The van der Waals surface area contributed by atoms with Crippen LogP contribution in [0.1, 0.15) is 16.8 Å². The first-order valence-corrected chi connectivity index (χ1v) is 8.58. The van der Waals surface area contributed by atoms with E-state index in [1.807, 2.05) is 12.1 Å². The highest BCUT2D eigenvalue weighted by Gasteiger charge is 2.30. The lowest BCUT2D eigenvalue weighted by Gasteiger charge is -2.09. The molecule has 4 nitrogen and oxygen atoms in total.